The van der Waals surface area contributed by atoms with Crippen LogP contribution in [0.15, 0.2) is 24.3 Å². The van der Waals surface area contributed by atoms with E-state index < -0.39 is 0 Å². The monoisotopic (exact) mass is 270 g/mol. The standard InChI is InChI=1S/C17H22N2O/c1-11-3-5-14(6-4-11)15-18-17(9-10-17)16(20)19(15)12(2)13-7-8-13/h3-6,12-13,15,18H,7-10H2,1-2H3. The Morgan fingerprint density at radius 3 is 2.45 bits per heavy atom. The van der Waals surface area contributed by atoms with E-state index in [-0.39, 0.29) is 11.7 Å². The highest BCUT2D eigenvalue weighted by Gasteiger charge is 2.61. The molecule has 3 aliphatic rings. The third kappa shape index (κ3) is 1.80. The molecule has 1 aromatic carbocycles. The molecule has 0 aromatic heterocycles. The molecule has 3 fully saturated rings. The van der Waals surface area contributed by atoms with Crippen LogP contribution in [0.3, 0.4) is 0 Å². The largest absolute Gasteiger partial charge is 0.318 e. The first-order valence-corrected chi connectivity index (χ1v) is 7.78. The van der Waals surface area contributed by atoms with Crippen molar-refractivity contribution in [1.29, 1.82) is 0 Å². The molecule has 0 bridgehead atoms. The molecule has 2 atom stereocenters. The van der Waals surface area contributed by atoms with Gasteiger partial charge in [-0.3, -0.25) is 10.1 Å². The molecule has 1 N–H and O–H groups in total. The number of amides is 1. The van der Waals surface area contributed by atoms with Gasteiger partial charge in [0.05, 0.1) is 0 Å². The van der Waals surface area contributed by atoms with E-state index >= 15 is 0 Å². The topological polar surface area (TPSA) is 32.3 Å². The molecule has 4 rings (SSSR count). The lowest BCUT2D eigenvalue weighted by Crippen LogP contribution is -2.40. The number of rotatable bonds is 3. The maximum Gasteiger partial charge on any atom is 0.244 e. The number of carbonyl (C=O) groups excluding carboxylic acids is 1. The highest BCUT2D eigenvalue weighted by atomic mass is 16.2. The minimum Gasteiger partial charge on any atom is -0.318 e. The molecule has 1 aromatic rings. The molecule has 1 heterocycles. The van der Waals surface area contributed by atoms with E-state index in [1.807, 2.05) is 0 Å². The van der Waals surface area contributed by atoms with E-state index in [1.165, 1.54) is 24.0 Å². The number of hydrogen-bond donors (Lipinski definition) is 1. The number of nitrogens with zero attached hydrogens (tertiary/aromatic N) is 1. The molecule has 3 nitrogen and oxygen atoms in total. The van der Waals surface area contributed by atoms with Gasteiger partial charge in [-0.1, -0.05) is 29.8 Å². The highest BCUT2D eigenvalue weighted by molar-refractivity contribution is 5.92. The SMILES string of the molecule is Cc1ccc(C2NC3(CC3)C(=O)N2C(C)C2CC2)cc1. The quantitative estimate of drug-likeness (QED) is 0.916. The zero-order valence-electron chi connectivity index (χ0n) is 12.2. The number of nitrogens with one attached hydrogen (secondary N) is 1. The minimum absolute atomic E-state index is 0.0706. The first kappa shape index (κ1) is 12.4. The van der Waals surface area contributed by atoms with Crippen molar-refractivity contribution in [3.8, 4) is 0 Å². The first-order valence-electron chi connectivity index (χ1n) is 7.78. The van der Waals surface area contributed by atoms with Gasteiger partial charge in [0.25, 0.3) is 0 Å². The van der Waals surface area contributed by atoms with E-state index in [9.17, 15) is 4.79 Å². The smallest absolute Gasteiger partial charge is 0.244 e. The molecule has 1 spiro atoms. The molecule has 0 radical (unpaired) electrons. The summed E-state index contributed by atoms with van der Waals surface area (Å²) in [6.07, 6.45) is 4.63. The van der Waals surface area contributed by atoms with Crippen LogP contribution in [-0.2, 0) is 4.79 Å². The summed E-state index contributed by atoms with van der Waals surface area (Å²) in [6.45, 7) is 4.32. The van der Waals surface area contributed by atoms with Crippen molar-refractivity contribution in [2.75, 3.05) is 0 Å². The molecule has 2 unspecified atom stereocenters. The van der Waals surface area contributed by atoms with Gasteiger partial charge in [-0.25, -0.2) is 0 Å². The number of benzene rings is 1. The van der Waals surface area contributed by atoms with Crippen LogP contribution in [0.25, 0.3) is 0 Å². The van der Waals surface area contributed by atoms with Gasteiger partial charge in [0.2, 0.25) is 5.91 Å². The summed E-state index contributed by atoms with van der Waals surface area (Å²) in [7, 11) is 0. The van der Waals surface area contributed by atoms with Crippen molar-refractivity contribution in [1.82, 2.24) is 10.2 Å². The van der Waals surface area contributed by atoms with Gasteiger partial charge >= 0.3 is 0 Å². The van der Waals surface area contributed by atoms with Crippen LogP contribution >= 0.6 is 0 Å². The number of hydrogen-bond acceptors (Lipinski definition) is 2. The Kier molecular flexibility index (Phi) is 2.53. The highest BCUT2D eigenvalue weighted by Crippen LogP contribution is 2.49. The van der Waals surface area contributed by atoms with Crippen LogP contribution in [-0.4, -0.2) is 22.4 Å². The lowest BCUT2D eigenvalue weighted by Gasteiger charge is -2.30. The van der Waals surface area contributed by atoms with Crippen LogP contribution in [0.4, 0.5) is 0 Å². The summed E-state index contributed by atoms with van der Waals surface area (Å²) in [5, 5.41) is 3.62. The normalized spacial score (nSPS) is 29.0. The predicted molar refractivity (Wildman–Crippen MR) is 78.1 cm³/mol. The Morgan fingerprint density at radius 1 is 1.25 bits per heavy atom. The van der Waals surface area contributed by atoms with Gasteiger partial charge in [-0.15, -0.1) is 0 Å². The fourth-order valence-corrected chi connectivity index (χ4v) is 3.46. The Labute approximate surface area is 120 Å². The second-order valence-corrected chi connectivity index (χ2v) is 6.83. The van der Waals surface area contributed by atoms with Gasteiger partial charge in [0, 0.05) is 6.04 Å². The summed E-state index contributed by atoms with van der Waals surface area (Å²) in [6, 6.07) is 8.96. The van der Waals surface area contributed by atoms with Crippen LogP contribution in [0, 0.1) is 12.8 Å². The number of carbonyl (C=O) groups is 1. The molecule has 2 aliphatic carbocycles. The van der Waals surface area contributed by atoms with E-state index in [0.717, 1.165) is 12.8 Å². The van der Waals surface area contributed by atoms with E-state index in [0.29, 0.717) is 17.9 Å². The van der Waals surface area contributed by atoms with Crippen molar-refractivity contribution in [3.05, 3.63) is 35.4 Å². The summed E-state index contributed by atoms with van der Waals surface area (Å²) >= 11 is 0. The third-order valence-electron chi connectivity index (χ3n) is 5.22. The van der Waals surface area contributed by atoms with Gasteiger partial charge < -0.3 is 4.90 Å². The molecule has 106 valence electrons. The average molecular weight is 270 g/mol. The Hall–Kier alpha value is -1.35. The van der Waals surface area contributed by atoms with Crippen molar-refractivity contribution in [3.63, 3.8) is 0 Å². The van der Waals surface area contributed by atoms with Crippen LogP contribution in [0.1, 0.15) is 49.9 Å². The Bertz CT molecular complexity index is 543. The molecule has 20 heavy (non-hydrogen) atoms. The molecule has 1 aliphatic heterocycles. The van der Waals surface area contributed by atoms with Crippen LogP contribution < -0.4 is 5.32 Å². The molecule has 3 heteroatoms. The maximum atomic E-state index is 12.8. The van der Waals surface area contributed by atoms with Crippen molar-refractivity contribution in [2.24, 2.45) is 5.92 Å². The summed E-state index contributed by atoms with van der Waals surface area (Å²) in [4.78, 5) is 14.9. The average Bonchev–Trinajstić information content (AvgIpc) is 3.32. The maximum absolute atomic E-state index is 12.8. The zero-order chi connectivity index (χ0) is 13.9. The van der Waals surface area contributed by atoms with Crippen molar-refractivity contribution >= 4 is 5.91 Å². The van der Waals surface area contributed by atoms with E-state index in [2.05, 4.69) is 48.3 Å². The Balaban J connectivity index is 1.68. The number of aryl methyl sites for hydroxylation is 1. The molecular weight excluding hydrogens is 248 g/mol. The third-order valence-corrected chi connectivity index (χ3v) is 5.22. The Morgan fingerprint density at radius 2 is 1.90 bits per heavy atom. The molecular formula is C17H22N2O. The fourth-order valence-electron chi connectivity index (χ4n) is 3.46. The lowest BCUT2D eigenvalue weighted by atomic mass is 10.1. The second-order valence-electron chi connectivity index (χ2n) is 6.83. The molecule has 1 amide bonds. The lowest BCUT2D eigenvalue weighted by molar-refractivity contribution is -0.133. The van der Waals surface area contributed by atoms with Crippen molar-refractivity contribution < 1.29 is 4.79 Å². The second kappa shape index (κ2) is 4.08. The summed E-state index contributed by atoms with van der Waals surface area (Å²) < 4.78 is 0. The van der Waals surface area contributed by atoms with Crippen LogP contribution in [0.2, 0.25) is 0 Å². The van der Waals surface area contributed by atoms with E-state index in [1.54, 1.807) is 0 Å². The van der Waals surface area contributed by atoms with Gasteiger partial charge in [0.15, 0.2) is 0 Å². The zero-order valence-corrected chi connectivity index (χ0v) is 12.2. The fraction of sp³-hybridized carbons (Fsp3) is 0.588. The summed E-state index contributed by atoms with van der Waals surface area (Å²) in [5.41, 5.74) is 2.26. The first-order chi connectivity index (χ1) is 9.61. The summed E-state index contributed by atoms with van der Waals surface area (Å²) in [5.74, 6) is 1.05. The van der Waals surface area contributed by atoms with Gasteiger partial charge in [-0.2, -0.15) is 0 Å². The molecule has 2 saturated carbocycles. The predicted octanol–water partition coefficient (Wildman–Crippen LogP) is 2.76. The molecule has 1 saturated heterocycles. The van der Waals surface area contributed by atoms with Gasteiger partial charge in [0.1, 0.15) is 11.7 Å². The van der Waals surface area contributed by atoms with Crippen molar-refractivity contribution in [2.45, 2.75) is 57.3 Å². The van der Waals surface area contributed by atoms with E-state index in [4.69, 9.17) is 0 Å². The minimum atomic E-state index is -0.224. The van der Waals surface area contributed by atoms with Gasteiger partial charge in [-0.05, 0) is 51.0 Å². The van der Waals surface area contributed by atoms with Crippen LogP contribution in [0.5, 0.6) is 0 Å².